The van der Waals surface area contributed by atoms with Gasteiger partial charge in [0.1, 0.15) is 6.23 Å². The quantitative estimate of drug-likeness (QED) is 0.583. The van der Waals surface area contributed by atoms with E-state index < -0.39 is 29.6 Å². The number of hydrogen-bond donors (Lipinski definition) is 2. The number of nitrogens with zero attached hydrogens (tertiary/aromatic N) is 1. The molecule has 0 spiro atoms. The molecule has 2 unspecified atom stereocenters. The van der Waals surface area contributed by atoms with Gasteiger partial charge in [0.15, 0.2) is 17.5 Å². The van der Waals surface area contributed by atoms with Crippen LogP contribution in [0.1, 0.15) is 24.3 Å². The van der Waals surface area contributed by atoms with Crippen molar-refractivity contribution in [2.24, 2.45) is 5.84 Å². The lowest BCUT2D eigenvalue weighted by Crippen LogP contribution is -2.48. The van der Waals surface area contributed by atoms with Gasteiger partial charge in [0.25, 0.3) is 0 Å². The fourth-order valence-electron chi connectivity index (χ4n) is 2.13. The highest BCUT2D eigenvalue weighted by Gasteiger charge is 2.30. The lowest BCUT2D eigenvalue weighted by molar-refractivity contribution is -0.0415. The molecule has 0 aromatic heterocycles. The molecule has 6 heteroatoms. The van der Waals surface area contributed by atoms with Gasteiger partial charge < -0.3 is 5.11 Å². The molecular weight excluding hydrogens is 233 g/mol. The number of hydrazine groups is 1. The summed E-state index contributed by atoms with van der Waals surface area (Å²) < 4.78 is 39.0. The number of aliphatic hydroxyl groups excluding tert-OH is 1. The van der Waals surface area contributed by atoms with Crippen molar-refractivity contribution in [3.8, 4) is 0 Å². The minimum absolute atomic E-state index is 0.226. The predicted octanol–water partition coefficient (Wildman–Crippen LogP) is 1.48. The molecular formula is C11H13F3N2O. The molecule has 0 saturated carbocycles. The van der Waals surface area contributed by atoms with Crippen molar-refractivity contribution in [2.75, 3.05) is 6.54 Å². The van der Waals surface area contributed by atoms with Gasteiger partial charge in [-0.05, 0) is 30.5 Å². The molecule has 2 atom stereocenters. The summed E-state index contributed by atoms with van der Waals surface area (Å²) in [6.45, 7) is 0.518. The van der Waals surface area contributed by atoms with Crippen LogP contribution >= 0.6 is 0 Å². The maximum absolute atomic E-state index is 13.1. The van der Waals surface area contributed by atoms with E-state index >= 15 is 0 Å². The standard InChI is InChI=1S/C11H13F3N2O/c12-8-4-6(5-9(13)10(8)14)7-2-1-3-16(15)11(7)17/h4-5,7,11,17H,1-3,15H2. The number of piperidine rings is 1. The molecule has 2 rings (SSSR count). The van der Waals surface area contributed by atoms with Gasteiger partial charge in [-0.1, -0.05) is 0 Å². The smallest absolute Gasteiger partial charge is 0.194 e. The molecule has 0 bridgehead atoms. The summed E-state index contributed by atoms with van der Waals surface area (Å²) in [5.74, 6) is 1.04. The Kier molecular flexibility index (Phi) is 3.37. The van der Waals surface area contributed by atoms with E-state index in [9.17, 15) is 18.3 Å². The largest absolute Gasteiger partial charge is 0.376 e. The number of nitrogens with two attached hydrogens (primary N) is 1. The average Bonchev–Trinajstić information content (AvgIpc) is 2.29. The number of rotatable bonds is 1. The van der Waals surface area contributed by atoms with E-state index in [1.165, 1.54) is 5.01 Å². The lowest BCUT2D eigenvalue weighted by atomic mass is 9.89. The molecule has 1 aromatic rings. The van der Waals surface area contributed by atoms with Gasteiger partial charge in [0.05, 0.1) is 0 Å². The molecule has 3 N–H and O–H groups in total. The average molecular weight is 246 g/mol. The van der Waals surface area contributed by atoms with E-state index in [1.54, 1.807) is 0 Å². The highest BCUT2D eigenvalue weighted by molar-refractivity contribution is 5.24. The van der Waals surface area contributed by atoms with Gasteiger partial charge in [0, 0.05) is 12.5 Å². The Labute approximate surface area is 96.6 Å². The van der Waals surface area contributed by atoms with Crippen molar-refractivity contribution in [3.63, 3.8) is 0 Å². The van der Waals surface area contributed by atoms with Crippen molar-refractivity contribution in [1.29, 1.82) is 0 Å². The zero-order valence-electron chi connectivity index (χ0n) is 9.04. The Morgan fingerprint density at radius 3 is 2.41 bits per heavy atom. The van der Waals surface area contributed by atoms with E-state index in [1.807, 2.05) is 0 Å². The first-order valence-electron chi connectivity index (χ1n) is 5.34. The van der Waals surface area contributed by atoms with E-state index in [-0.39, 0.29) is 5.56 Å². The molecule has 17 heavy (non-hydrogen) atoms. The second kappa shape index (κ2) is 4.64. The second-order valence-corrected chi connectivity index (χ2v) is 4.20. The van der Waals surface area contributed by atoms with Crippen molar-refractivity contribution in [3.05, 3.63) is 35.1 Å². The zero-order valence-corrected chi connectivity index (χ0v) is 9.04. The zero-order chi connectivity index (χ0) is 12.6. The van der Waals surface area contributed by atoms with Crippen molar-refractivity contribution in [1.82, 2.24) is 5.01 Å². The van der Waals surface area contributed by atoms with E-state index in [0.717, 1.165) is 12.1 Å². The van der Waals surface area contributed by atoms with Crippen LogP contribution in [0.5, 0.6) is 0 Å². The first-order chi connectivity index (χ1) is 8.00. The maximum atomic E-state index is 13.1. The minimum atomic E-state index is -1.50. The summed E-state index contributed by atoms with van der Waals surface area (Å²) in [5.41, 5.74) is 0.226. The molecule has 1 aromatic carbocycles. The number of benzene rings is 1. The van der Waals surface area contributed by atoms with Crippen LogP contribution in [0.2, 0.25) is 0 Å². The summed E-state index contributed by atoms with van der Waals surface area (Å²) in [6.07, 6.45) is 0.256. The first-order valence-corrected chi connectivity index (χ1v) is 5.34. The molecule has 1 saturated heterocycles. The van der Waals surface area contributed by atoms with Crippen molar-refractivity contribution < 1.29 is 18.3 Å². The molecule has 3 nitrogen and oxygen atoms in total. The third kappa shape index (κ3) is 2.29. The SMILES string of the molecule is NN1CCCC(c2cc(F)c(F)c(F)c2)C1O. The number of aliphatic hydroxyl groups is 1. The van der Waals surface area contributed by atoms with Crippen LogP contribution < -0.4 is 5.84 Å². The molecule has 1 aliphatic rings. The molecule has 0 radical (unpaired) electrons. The molecule has 0 aliphatic carbocycles. The Hall–Kier alpha value is -1.11. The van der Waals surface area contributed by atoms with Crippen molar-refractivity contribution >= 4 is 0 Å². The summed E-state index contributed by atoms with van der Waals surface area (Å²) in [4.78, 5) is 0. The van der Waals surface area contributed by atoms with Gasteiger partial charge in [-0.15, -0.1) is 0 Å². The summed E-state index contributed by atoms with van der Waals surface area (Å²) in [7, 11) is 0. The van der Waals surface area contributed by atoms with E-state index in [0.29, 0.717) is 19.4 Å². The van der Waals surface area contributed by atoms with Gasteiger partial charge in [-0.3, -0.25) is 5.84 Å². The minimum Gasteiger partial charge on any atom is -0.376 e. The fraction of sp³-hybridized carbons (Fsp3) is 0.455. The van der Waals surface area contributed by atoms with Gasteiger partial charge in [-0.25, -0.2) is 18.2 Å². The predicted molar refractivity (Wildman–Crippen MR) is 55.2 cm³/mol. The third-order valence-corrected chi connectivity index (χ3v) is 3.07. The Morgan fingerprint density at radius 1 is 1.24 bits per heavy atom. The van der Waals surface area contributed by atoms with Crippen LogP contribution in [-0.4, -0.2) is 22.9 Å². The normalized spacial score (nSPS) is 26.2. The van der Waals surface area contributed by atoms with Crippen LogP contribution in [0.25, 0.3) is 0 Å². The number of halogens is 3. The monoisotopic (exact) mass is 246 g/mol. The van der Waals surface area contributed by atoms with Crippen LogP contribution in [-0.2, 0) is 0 Å². The second-order valence-electron chi connectivity index (χ2n) is 4.20. The Bertz CT molecular complexity index is 404. The molecule has 1 aliphatic heterocycles. The van der Waals surface area contributed by atoms with Crippen molar-refractivity contribution in [2.45, 2.75) is 25.0 Å². The van der Waals surface area contributed by atoms with Crippen LogP contribution in [0.3, 0.4) is 0 Å². The Morgan fingerprint density at radius 2 is 1.82 bits per heavy atom. The highest BCUT2D eigenvalue weighted by Crippen LogP contribution is 2.31. The molecule has 94 valence electrons. The van der Waals surface area contributed by atoms with Gasteiger partial charge in [0.2, 0.25) is 0 Å². The fourth-order valence-corrected chi connectivity index (χ4v) is 2.13. The topological polar surface area (TPSA) is 49.5 Å². The van der Waals surface area contributed by atoms with Gasteiger partial charge >= 0.3 is 0 Å². The summed E-state index contributed by atoms with van der Waals surface area (Å²) >= 11 is 0. The van der Waals surface area contributed by atoms with Gasteiger partial charge in [-0.2, -0.15) is 0 Å². The highest BCUT2D eigenvalue weighted by atomic mass is 19.2. The number of hydrogen-bond acceptors (Lipinski definition) is 3. The molecule has 0 amide bonds. The van der Waals surface area contributed by atoms with E-state index in [4.69, 9.17) is 5.84 Å². The first kappa shape index (κ1) is 12.3. The molecule has 1 heterocycles. The maximum Gasteiger partial charge on any atom is 0.194 e. The Balaban J connectivity index is 2.33. The van der Waals surface area contributed by atoms with E-state index in [2.05, 4.69) is 0 Å². The molecule has 1 fully saturated rings. The van der Waals surface area contributed by atoms with Crippen LogP contribution in [0.4, 0.5) is 13.2 Å². The lowest BCUT2D eigenvalue weighted by Gasteiger charge is -2.35. The summed E-state index contributed by atoms with van der Waals surface area (Å²) in [6, 6.07) is 1.82. The van der Waals surface area contributed by atoms with Crippen LogP contribution in [0.15, 0.2) is 12.1 Å². The van der Waals surface area contributed by atoms with Crippen LogP contribution in [0, 0.1) is 17.5 Å². The summed E-state index contributed by atoms with van der Waals surface area (Å²) in [5, 5.41) is 11.0. The third-order valence-electron chi connectivity index (χ3n) is 3.07.